The van der Waals surface area contributed by atoms with E-state index in [2.05, 4.69) is 10.2 Å². The third-order valence-corrected chi connectivity index (χ3v) is 6.44. The van der Waals surface area contributed by atoms with Crippen molar-refractivity contribution in [2.45, 2.75) is 50.6 Å². The van der Waals surface area contributed by atoms with Crippen LogP contribution in [0.5, 0.6) is 0 Å². The zero-order valence-corrected chi connectivity index (χ0v) is 16.5. The quantitative estimate of drug-likeness (QED) is 0.861. The molecule has 27 heavy (non-hydrogen) atoms. The minimum atomic E-state index is 0.0978. The van der Waals surface area contributed by atoms with E-state index in [0.29, 0.717) is 22.7 Å². The van der Waals surface area contributed by atoms with Crippen molar-refractivity contribution >= 4 is 23.4 Å². The van der Waals surface area contributed by atoms with E-state index < -0.39 is 0 Å². The summed E-state index contributed by atoms with van der Waals surface area (Å²) in [5, 5.41) is 3.80. The summed E-state index contributed by atoms with van der Waals surface area (Å²) in [7, 11) is 0. The number of likely N-dealkylation sites (tertiary alicyclic amines) is 2. The number of piperidine rings is 2. The molecular weight excluding hydrogens is 362 g/mol. The van der Waals surface area contributed by atoms with Crippen LogP contribution < -0.4 is 5.32 Å². The Morgan fingerprint density at radius 1 is 0.889 bits per heavy atom. The first-order valence-electron chi connectivity index (χ1n) is 10.2. The fourth-order valence-corrected chi connectivity index (χ4v) is 4.41. The lowest BCUT2D eigenvalue weighted by Gasteiger charge is -2.41. The number of carbonyl (C=O) groups is 2. The topological polar surface area (TPSA) is 52.7 Å². The molecule has 1 aromatic rings. The van der Waals surface area contributed by atoms with Crippen molar-refractivity contribution in [1.82, 2.24) is 15.1 Å². The Bertz CT molecular complexity index is 673. The monoisotopic (exact) mass is 389 g/mol. The Balaban J connectivity index is 1.23. The molecule has 2 heterocycles. The maximum absolute atomic E-state index is 12.6. The number of hydrogen-bond acceptors (Lipinski definition) is 3. The number of hydrogen-bond donors (Lipinski definition) is 1. The number of nitrogens with one attached hydrogen (secondary N) is 1. The highest BCUT2D eigenvalue weighted by Gasteiger charge is 2.33. The SMILES string of the molecule is O=C(NC1CC1)C1CCN(C2CCN(C(=O)c3ccc(Cl)cc3)CC2)CC1. The first-order chi connectivity index (χ1) is 13.1. The molecule has 1 aliphatic carbocycles. The average molecular weight is 390 g/mol. The Morgan fingerprint density at radius 2 is 1.52 bits per heavy atom. The summed E-state index contributed by atoms with van der Waals surface area (Å²) in [5.74, 6) is 0.550. The molecule has 0 radical (unpaired) electrons. The molecule has 2 aliphatic heterocycles. The summed E-state index contributed by atoms with van der Waals surface area (Å²) in [5.41, 5.74) is 0.709. The molecule has 1 saturated carbocycles. The standard InChI is InChI=1S/C21H28ClN3O2/c22-17-3-1-16(2-4-17)21(27)25-13-9-19(10-14-25)24-11-7-15(8-12-24)20(26)23-18-5-6-18/h1-4,15,18-19H,5-14H2,(H,23,26). The fourth-order valence-electron chi connectivity index (χ4n) is 4.28. The number of benzene rings is 1. The molecule has 0 unspecified atom stereocenters. The highest BCUT2D eigenvalue weighted by Crippen LogP contribution is 2.26. The normalized spacial score (nSPS) is 22.6. The molecule has 0 bridgehead atoms. The van der Waals surface area contributed by atoms with Gasteiger partial charge in [-0.05, 0) is 75.9 Å². The zero-order chi connectivity index (χ0) is 18.8. The molecule has 0 aromatic heterocycles. The zero-order valence-electron chi connectivity index (χ0n) is 15.7. The Morgan fingerprint density at radius 3 is 2.11 bits per heavy atom. The van der Waals surface area contributed by atoms with Crippen molar-refractivity contribution in [3.8, 4) is 0 Å². The Labute approximate surface area is 166 Å². The van der Waals surface area contributed by atoms with Crippen LogP contribution in [0.2, 0.25) is 5.02 Å². The van der Waals surface area contributed by atoms with Gasteiger partial charge in [-0.3, -0.25) is 9.59 Å². The predicted octanol–water partition coefficient (Wildman–Crippen LogP) is 2.94. The summed E-state index contributed by atoms with van der Waals surface area (Å²) in [6, 6.07) is 8.13. The van der Waals surface area contributed by atoms with Gasteiger partial charge in [-0.2, -0.15) is 0 Å². The molecule has 1 aromatic carbocycles. The molecule has 0 spiro atoms. The number of amides is 2. The highest BCUT2D eigenvalue weighted by atomic mass is 35.5. The van der Waals surface area contributed by atoms with Gasteiger partial charge in [0.15, 0.2) is 0 Å². The lowest BCUT2D eigenvalue weighted by atomic mass is 9.92. The molecule has 3 aliphatic rings. The van der Waals surface area contributed by atoms with Crippen molar-refractivity contribution in [2.75, 3.05) is 26.2 Å². The summed E-state index contributed by atoms with van der Waals surface area (Å²) < 4.78 is 0. The van der Waals surface area contributed by atoms with Crippen molar-refractivity contribution in [3.05, 3.63) is 34.9 Å². The van der Waals surface area contributed by atoms with E-state index in [9.17, 15) is 9.59 Å². The Hall–Kier alpha value is -1.59. The van der Waals surface area contributed by atoms with Crippen LogP contribution in [0, 0.1) is 5.92 Å². The van der Waals surface area contributed by atoms with Crippen LogP contribution in [0.25, 0.3) is 0 Å². The first kappa shape index (κ1) is 18.8. The van der Waals surface area contributed by atoms with Crippen molar-refractivity contribution in [1.29, 1.82) is 0 Å². The van der Waals surface area contributed by atoms with Gasteiger partial charge in [0.25, 0.3) is 5.91 Å². The summed E-state index contributed by atoms with van der Waals surface area (Å²) in [6.07, 6.45) is 6.25. The number of carbonyl (C=O) groups excluding carboxylic acids is 2. The van der Waals surface area contributed by atoms with E-state index in [4.69, 9.17) is 11.6 Å². The fraction of sp³-hybridized carbons (Fsp3) is 0.619. The summed E-state index contributed by atoms with van der Waals surface area (Å²) in [4.78, 5) is 29.3. The van der Waals surface area contributed by atoms with E-state index in [0.717, 1.165) is 64.7 Å². The maximum atomic E-state index is 12.6. The summed E-state index contributed by atoms with van der Waals surface area (Å²) >= 11 is 5.91. The van der Waals surface area contributed by atoms with Crippen molar-refractivity contribution in [2.24, 2.45) is 5.92 Å². The smallest absolute Gasteiger partial charge is 0.253 e. The molecule has 1 N–H and O–H groups in total. The van der Waals surface area contributed by atoms with Gasteiger partial charge in [-0.15, -0.1) is 0 Å². The number of rotatable bonds is 4. The lowest BCUT2D eigenvalue weighted by Crippen LogP contribution is -2.50. The van der Waals surface area contributed by atoms with Gasteiger partial charge in [0.2, 0.25) is 5.91 Å². The van der Waals surface area contributed by atoms with Gasteiger partial charge in [0.1, 0.15) is 0 Å². The number of nitrogens with zero attached hydrogens (tertiary/aromatic N) is 2. The van der Waals surface area contributed by atoms with Crippen LogP contribution in [0.3, 0.4) is 0 Å². The highest BCUT2D eigenvalue weighted by molar-refractivity contribution is 6.30. The largest absolute Gasteiger partial charge is 0.353 e. The maximum Gasteiger partial charge on any atom is 0.253 e. The minimum absolute atomic E-state index is 0.0978. The minimum Gasteiger partial charge on any atom is -0.353 e. The first-order valence-corrected chi connectivity index (χ1v) is 10.6. The van der Waals surface area contributed by atoms with Crippen LogP contribution in [-0.2, 0) is 4.79 Å². The van der Waals surface area contributed by atoms with E-state index in [-0.39, 0.29) is 17.7 Å². The van der Waals surface area contributed by atoms with E-state index in [1.807, 2.05) is 4.90 Å². The third-order valence-electron chi connectivity index (χ3n) is 6.18. The molecule has 6 heteroatoms. The van der Waals surface area contributed by atoms with Gasteiger partial charge in [-0.25, -0.2) is 0 Å². The van der Waals surface area contributed by atoms with Crippen LogP contribution in [0.1, 0.15) is 48.9 Å². The Kier molecular flexibility index (Phi) is 5.69. The van der Waals surface area contributed by atoms with Gasteiger partial charge >= 0.3 is 0 Å². The third kappa shape index (κ3) is 4.64. The van der Waals surface area contributed by atoms with E-state index in [1.54, 1.807) is 24.3 Å². The molecule has 146 valence electrons. The summed E-state index contributed by atoms with van der Waals surface area (Å²) in [6.45, 7) is 3.60. The second-order valence-corrected chi connectivity index (χ2v) is 8.56. The van der Waals surface area contributed by atoms with E-state index >= 15 is 0 Å². The van der Waals surface area contributed by atoms with Gasteiger partial charge < -0.3 is 15.1 Å². The molecule has 4 rings (SSSR count). The lowest BCUT2D eigenvalue weighted by molar-refractivity contribution is -0.126. The van der Waals surface area contributed by atoms with Gasteiger partial charge in [0, 0.05) is 41.7 Å². The molecular formula is C21H28ClN3O2. The van der Waals surface area contributed by atoms with Crippen LogP contribution >= 0.6 is 11.6 Å². The molecule has 5 nitrogen and oxygen atoms in total. The number of halogens is 1. The second kappa shape index (κ2) is 8.19. The van der Waals surface area contributed by atoms with Gasteiger partial charge in [-0.1, -0.05) is 11.6 Å². The second-order valence-electron chi connectivity index (χ2n) is 8.12. The van der Waals surface area contributed by atoms with Crippen LogP contribution in [-0.4, -0.2) is 59.9 Å². The predicted molar refractivity (Wildman–Crippen MR) is 106 cm³/mol. The van der Waals surface area contributed by atoms with Crippen molar-refractivity contribution in [3.63, 3.8) is 0 Å². The average Bonchev–Trinajstić information content (AvgIpc) is 3.52. The molecule has 3 fully saturated rings. The molecule has 0 atom stereocenters. The molecule has 2 saturated heterocycles. The molecule has 2 amide bonds. The van der Waals surface area contributed by atoms with Gasteiger partial charge in [0.05, 0.1) is 0 Å². The van der Waals surface area contributed by atoms with E-state index in [1.165, 1.54) is 0 Å². The van der Waals surface area contributed by atoms with Crippen LogP contribution in [0.15, 0.2) is 24.3 Å². The van der Waals surface area contributed by atoms with Crippen LogP contribution in [0.4, 0.5) is 0 Å². The van der Waals surface area contributed by atoms with Crippen molar-refractivity contribution < 1.29 is 9.59 Å².